The maximum Gasteiger partial charge on any atom is 0.269 e. The molecule has 0 aliphatic rings. The summed E-state index contributed by atoms with van der Waals surface area (Å²) in [4.78, 5) is 24.7. The SMILES string of the molecule is COc1ccccc1-c1nnc(CNC(=O)c2cc(NC(=O)c3cc(F)c(F)cc3Cl)n[nH]2)o1. The molecule has 0 radical (unpaired) electrons. The average molecular weight is 489 g/mol. The molecule has 0 aliphatic heterocycles. The summed E-state index contributed by atoms with van der Waals surface area (Å²) in [6, 6.07) is 9.68. The van der Waals surface area contributed by atoms with Crippen LogP contribution in [0.2, 0.25) is 5.02 Å². The van der Waals surface area contributed by atoms with Gasteiger partial charge in [0.2, 0.25) is 5.89 Å². The van der Waals surface area contributed by atoms with E-state index in [1.54, 1.807) is 24.3 Å². The molecule has 0 fully saturated rings. The fourth-order valence-corrected chi connectivity index (χ4v) is 3.12. The Labute approximate surface area is 195 Å². The average Bonchev–Trinajstić information content (AvgIpc) is 3.49. The molecule has 34 heavy (non-hydrogen) atoms. The van der Waals surface area contributed by atoms with E-state index < -0.39 is 23.4 Å². The fraction of sp³-hybridized carbons (Fsp3) is 0.0952. The van der Waals surface area contributed by atoms with Crippen LogP contribution < -0.4 is 15.4 Å². The molecule has 4 aromatic rings. The van der Waals surface area contributed by atoms with Gasteiger partial charge in [0.25, 0.3) is 17.7 Å². The van der Waals surface area contributed by atoms with Crippen LogP contribution in [0.5, 0.6) is 5.75 Å². The van der Waals surface area contributed by atoms with Crippen molar-refractivity contribution in [1.29, 1.82) is 0 Å². The van der Waals surface area contributed by atoms with Gasteiger partial charge < -0.3 is 19.8 Å². The number of benzene rings is 2. The number of carbonyl (C=O) groups excluding carboxylic acids is 2. The Balaban J connectivity index is 1.37. The summed E-state index contributed by atoms with van der Waals surface area (Å²) in [6.45, 7) is -0.0772. The molecule has 0 unspecified atom stereocenters. The van der Waals surface area contributed by atoms with Crippen molar-refractivity contribution in [3.8, 4) is 17.2 Å². The third-order valence-corrected chi connectivity index (χ3v) is 4.84. The second-order valence-corrected chi connectivity index (χ2v) is 7.16. The topological polar surface area (TPSA) is 135 Å². The second kappa shape index (κ2) is 9.67. The second-order valence-electron chi connectivity index (χ2n) is 6.75. The number of H-pyrrole nitrogens is 1. The van der Waals surface area contributed by atoms with Gasteiger partial charge in [-0.3, -0.25) is 14.7 Å². The number of methoxy groups -OCH3 is 1. The molecule has 2 aromatic heterocycles. The maximum atomic E-state index is 13.4. The van der Waals surface area contributed by atoms with Crippen molar-refractivity contribution < 1.29 is 27.5 Å². The number of anilines is 1. The summed E-state index contributed by atoms with van der Waals surface area (Å²) in [7, 11) is 1.52. The number of carbonyl (C=O) groups is 2. The van der Waals surface area contributed by atoms with Gasteiger partial charge in [0.15, 0.2) is 17.5 Å². The molecular weight excluding hydrogens is 474 g/mol. The first-order chi connectivity index (χ1) is 16.4. The van der Waals surface area contributed by atoms with Crippen molar-refractivity contribution in [3.05, 3.63) is 76.3 Å². The Kier molecular flexibility index (Phi) is 6.50. The molecule has 0 saturated heterocycles. The molecule has 2 amide bonds. The molecule has 174 valence electrons. The van der Waals surface area contributed by atoms with E-state index in [1.807, 2.05) is 0 Å². The Bertz CT molecular complexity index is 1370. The van der Waals surface area contributed by atoms with E-state index in [1.165, 1.54) is 13.2 Å². The Morgan fingerprint density at radius 1 is 1.12 bits per heavy atom. The summed E-state index contributed by atoms with van der Waals surface area (Å²) in [6.07, 6.45) is 0. The fourth-order valence-electron chi connectivity index (χ4n) is 2.89. The summed E-state index contributed by atoms with van der Waals surface area (Å²) >= 11 is 5.79. The van der Waals surface area contributed by atoms with Crippen molar-refractivity contribution in [2.75, 3.05) is 12.4 Å². The van der Waals surface area contributed by atoms with E-state index in [9.17, 15) is 18.4 Å². The standard InChI is InChI=1S/C21H15ClF2N6O4/c1-33-16-5-3-2-4-10(16)21-30-29-18(34-21)9-25-20(32)15-8-17(28-27-15)26-19(31)11-6-13(23)14(24)7-12(11)22/h2-8H,9H2,1H3,(H,25,32)(H2,26,27,28,31). The lowest BCUT2D eigenvalue weighted by Gasteiger charge is -2.05. The first-order valence-corrected chi connectivity index (χ1v) is 9.98. The number of rotatable bonds is 7. The molecule has 3 N–H and O–H groups in total. The van der Waals surface area contributed by atoms with Gasteiger partial charge in [-0.25, -0.2) is 8.78 Å². The van der Waals surface area contributed by atoms with Crippen LogP contribution in [-0.2, 0) is 6.54 Å². The minimum Gasteiger partial charge on any atom is -0.496 e. The third-order valence-electron chi connectivity index (χ3n) is 4.52. The minimum atomic E-state index is -1.23. The van der Waals surface area contributed by atoms with Gasteiger partial charge in [0.1, 0.15) is 11.4 Å². The number of aromatic nitrogens is 4. The van der Waals surface area contributed by atoms with Gasteiger partial charge in [-0.1, -0.05) is 23.7 Å². The number of nitrogens with zero attached hydrogens (tertiary/aromatic N) is 3. The molecule has 4 rings (SSSR count). The van der Waals surface area contributed by atoms with Gasteiger partial charge in [0.05, 0.1) is 29.8 Å². The van der Waals surface area contributed by atoms with Crippen LogP contribution in [0.4, 0.5) is 14.6 Å². The van der Waals surface area contributed by atoms with Crippen LogP contribution in [0.25, 0.3) is 11.5 Å². The molecule has 0 aliphatic carbocycles. The van der Waals surface area contributed by atoms with Crippen LogP contribution in [0.3, 0.4) is 0 Å². The van der Waals surface area contributed by atoms with Crippen LogP contribution in [0, 0.1) is 11.6 Å². The summed E-state index contributed by atoms with van der Waals surface area (Å²) in [5, 5.41) is 18.7. The maximum absolute atomic E-state index is 13.4. The number of ether oxygens (including phenoxy) is 1. The zero-order valence-electron chi connectivity index (χ0n) is 17.4. The lowest BCUT2D eigenvalue weighted by Crippen LogP contribution is -2.23. The summed E-state index contributed by atoms with van der Waals surface area (Å²) < 4.78 is 37.4. The predicted molar refractivity (Wildman–Crippen MR) is 115 cm³/mol. The van der Waals surface area contributed by atoms with Crippen molar-refractivity contribution in [2.24, 2.45) is 0 Å². The molecule has 0 atom stereocenters. The van der Waals surface area contributed by atoms with Crippen LogP contribution in [-0.4, -0.2) is 39.3 Å². The van der Waals surface area contributed by atoms with Gasteiger partial charge in [-0.05, 0) is 24.3 Å². The van der Waals surface area contributed by atoms with E-state index in [4.69, 9.17) is 20.8 Å². The van der Waals surface area contributed by atoms with Crippen LogP contribution in [0.1, 0.15) is 26.7 Å². The Hall–Kier alpha value is -4.32. The molecule has 2 heterocycles. The zero-order chi connectivity index (χ0) is 24.2. The van der Waals surface area contributed by atoms with Crippen LogP contribution in [0.15, 0.2) is 46.9 Å². The predicted octanol–water partition coefficient (Wildman–Crippen LogP) is 3.58. The normalized spacial score (nSPS) is 10.7. The van der Waals surface area contributed by atoms with Crippen molar-refractivity contribution >= 4 is 29.2 Å². The number of nitrogens with one attached hydrogen (secondary N) is 3. The first kappa shape index (κ1) is 22.9. The van der Waals surface area contributed by atoms with Crippen molar-refractivity contribution in [2.45, 2.75) is 6.54 Å². The third kappa shape index (κ3) is 4.86. The molecule has 13 heteroatoms. The largest absolute Gasteiger partial charge is 0.496 e. The van der Waals surface area contributed by atoms with Crippen molar-refractivity contribution in [1.82, 2.24) is 25.7 Å². The molecule has 0 spiro atoms. The van der Waals surface area contributed by atoms with E-state index >= 15 is 0 Å². The monoisotopic (exact) mass is 488 g/mol. The Morgan fingerprint density at radius 2 is 1.88 bits per heavy atom. The number of amides is 2. The molecule has 2 aromatic carbocycles. The molecular formula is C21H15ClF2N6O4. The minimum absolute atomic E-state index is 0.0103. The Morgan fingerprint density at radius 3 is 2.68 bits per heavy atom. The number of hydrogen-bond donors (Lipinski definition) is 3. The highest BCUT2D eigenvalue weighted by molar-refractivity contribution is 6.34. The summed E-state index contributed by atoms with van der Waals surface area (Å²) in [5.41, 5.74) is 0.318. The van der Waals surface area contributed by atoms with Gasteiger partial charge >= 0.3 is 0 Å². The van der Waals surface area contributed by atoms with E-state index in [0.717, 1.165) is 0 Å². The summed E-state index contributed by atoms with van der Waals surface area (Å²) in [5.74, 6) is -2.93. The lowest BCUT2D eigenvalue weighted by atomic mass is 10.2. The zero-order valence-corrected chi connectivity index (χ0v) is 18.1. The van der Waals surface area contributed by atoms with Crippen molar-refractivity contribution in [3.63, 3.8) is 0 Å². The van der Waals surface area contributed by atoms with Crippen LogP contribution >= 0.6 is 11.6 Å². The molecule has 0 saturated carbocycles. The van der Waals surface area contributed by atoms with E-state index in [2.05, 4.69) is 31.0 Å². The highest BCUT2D eigenvalue weighted by atomic mass is 35.5. The van der Waals surface area contributed by atoms with Gasteiger partial charge in [-0.15, -0.1) is 10.2 Å². The first-order valence-electron chi connectivity index (χ1n) is 9.61. The lowest BCUT2D eigenvalue weighted by molar-refractivity contribution is 0.0941. The van der Waals surface area contributed by atoms with Gasteiger partial charge in [0, 0.05) is 6.07 Å². The number of aromatic amines is 1. The smallest absolute Gasteiger partial charge is 0.269 e. The highest BCUT2D eigenvalue weighted by Crippen LogP contribution is 2.28. The van der Waals surface area contributed by atoms with E-state index in [-0.39, 0.29) is 40.4 Å². The number of hydrogen-bond acceptors (Lipinski definition) is 7. The van der Waals surface area contributed by atoms with E-state index in [0.29, 0.717) is 23.4 Å². The number of halogens is 3. The number of para-hydroxylation sites is 1. The highest BCUT2D eigenvalue weighted by Gasteiger charge is 2.18. The molecule has 10 nitrogen and oxygen atoms in total. The quantitative estimate of drug-likeness (QED) is 0.338. The molecule has 0 bridgehead atoms. The van der Waals surface area contributed by atoms with Gasteiger partial charge in [-0.2, -0.15) is 5.10 Å².